The van der Waals surface area contributed by atoms with Gasteiger partial charge in [-0.15, -0.1) is 0 Å². The van der Waals surface area contributed by atoms with Crippen LogP contribution in [0.5, 0.6) is 0 Å². The Balaban J connectivity index is 2.03. The van der Waals surface area contributed by atoms with Gasteiger partial charge in [-0.1, -0.05) is 13.8 Å². The van der Waals surface area contributed by atoms with E-state index in [1.54, 1.807) is 17.8 Å². The maximum atomic E-state index is 12.4. The minimum atomic E-state index is -0.116. The first-order valence-electron chi connectivity index (χ1n) is 8.33. The monoisotopic (exact) mass is 319 g/mol. The van der Waals surface area contributed by atoms with E-state index in [-0.39, 0.29) is 17.4 Å². The number of aromatic nitrogens is 4. The van der Waals surface area contributed by atoms with Gasteiger partial charge < -0.3 is 15.0 Å². The largest absolute Gasteiger partial charge is 0.385 e. The van der Waals surface area contributed by atoms with E-state index in [1.165, 1.54) is 0 Å². The third-order valence-corrected chi connectivity index (χ3v) is 4.84. The maximum absolute atomic E-state index is 12.4. The number of fused-ring (bicyclic) bond motifs is 1. The molecule has 3 unspecified atom stereocenters. The van der Waals surface area contributed by atoms with Crippen LogP contribution < -0.4 is 10.9 Å². The zero-order valence-corrected chi connectivity index (χ0v) is 14.0. The highest BCUT2D eigenvalue weighted by molar-refractivity contribution is 5.42. The fourth-order valence-corrected chi connectivity index (χ4v) is 3.33. The molecule has 1 aliphatic rings. The van der Waals surface area contributed by atoms with E-state index >= 15 is 0 Å². The SMILES string of the molecule is CCC(CCOC)c1ncc2c(=O)[nH]c(C3CNCC3C)nn12. The summed E-state index contributed by atoms with van der Waals surface area (Å²) in [5, 5.41) is 8.08. The minimum absolute atomic E-state index is 0.116. The van der Waals surface area contributed by atoms with E-state index in [4.69, 9.17) is 9.84 Å². The molecule has 126 valence electrons. The number of hydrogen-bond acceptors (Lipinski definition) is 5. The van der Waals surface area contributed by atoms with Crippen LogP contribution in [0.25, 0.3) is 5.52 Å². The molecule has 0 spiro atoms. The predicted octanol–water partition coefficient (Wildman–Crippen LogP) is 1.27. The molecule has 23 heavy (non-hydrogen) atoms. The lowest BCUT2D eigenvalue weighted by Gasteiger charge is -2.15. The van der Waals surface area contributed by atoms with Gasteiger partial charge in [0.15, 0.2) is 5.52 Å². The number of methoxy groups -OCH3 is 1. The summed E-state index contributed by atoms with van der Waals surface area (Å²) in [5.74, 6) is 2.53. The van der Waals surface area contributed by atoms with Crippen LogP contribution in [0.1, 0.15) is 50.2 Å². The van der Waals surface area contributed by atoms with Gasteiger partial charge in [-0.05, 0) is 25.3 Å². The van der Waals surface area contributed by atoms with Crippen molar-refractivity contribution in [3.8, 4) is 0 Å². The second-order valence-corrected chi connectivity index (χ2v) is 6.38. The van der Waals surface area contributed by atoms with Gasteiger partial charge in [-0.25, -0.2) is 9.50 Å². The number of hydrogen-bond donors (Lipinski definition) is 2. The Bertz CT molecular complexity index is 723. The van der Waals surface area contributed by atoms with E-state index in [9.17, 15) is 4.79 Å². The van der Waals surface area contributed by atoms with E-state index in [0.717, 1.165) is 37.6 Å². The zero-order valence-electron chi connectivity index (χ0n) is 14.0. The normalized spacial score (nSPS) is 22.7. The minimum Gasteiger partial charge on any atom is -0.385 e. The number of nitrogens with one attached hydrogen (secondary N) is 2. The van der Waals surface area contributed by atoms with Crippen molar-refractivity contribution >= 4 is 5.52 Å². The van der Waals surface area contributed by atoms with Crippen LogP contribution in [0.2, 0.25) is 0 Å². The molecule has 7 heteroatoms. The lowest BCUT2D eigenvalue weighted by Crippen LogP contribution is -2.22. The summed E-state index contributed by atoms with van der Waals surface area (Å²) in [6.45, 7) is 6.78. The Morgan fingerprint density at radius 1 is 1.48 bits per heavy atom. The van der Waals surface area contributed by atoms with Crippen molar-refractivity contribution in [1.29, 1.82) is 0 Å². The van der Waals surface area contributed by atoms with E-state index in [2.05, 4.69) is 29.1 Å². The molecule has 1 fully saturated rings. The van der Waals surface area contributed by atoms with Crippen molar-refractivity contribution in [1.82, 2.24) is 24.9 Å². The summed E-state index contributed by atoms with van der Waals surface area (Å²) in [4.78, 5) is 19.8. The number of ether oxygens (including phenoxy) is 1. The summed E-state index contributed by atoms with van der Waals surface area (Å²) >= 11 is 0. The highest BCUT2D eigenvalue weighted by Crippen LogP contribution is 2.26. The molecule has 1 aliphatic heterocycles. The molecule has 3 rings (SSSR count). The molecule has 0 aromatic carbocycles. The molecule has 0 aliphatic carbocycles. The lowest BCUT2D eigenvalue weighted by molar-refractivity contribution is 0.185. The van der Waals surface area contributed by atoms with Gasteiger partial charge in [0.25, 0.3) is 5.56 Å². The van der Waals surface area contributed by atoms with Crippen molar-refractivity contribution in [2.24, 2.45) is 5.92 Å². The highest BCUT2D eigenvalue weighted by Gasteiger charge is 2.28. The Hall–Kier alpha value is -1.73. The van der Waals surface area contributed by atoms with E-state index in [1.807, 2.05) is 0 Å². The van der Waals surface area contributed by atoms with Crippen LogP contribution >= 0.6 is 0 Å². The molecule has 0 saturated carbocycles. The number of H-pyrrole nitrogens is 1. The number of imidazole rings is 1. The second-order valence-electron chi connectivity index (χ2n) is 6.38. The van der Waals surface area contributed by atoms with Crippen molar-refractivity contribution in [2.75, 3.05) is 26.8 Å². The van der Waals surface area contributed by atoms with Gasteiger partial charge in [0, 0.05) is 32.1 Å². The summed E-state index contributed by atoms with van der Waals surface area (Å²) in [5.41, 5.74) is 0.396. The molecular formula is C16H25N5O2. The standard InChI is InChI=1S/C16H25N5O2/c1-4-11(5-6-23-3)15-18-9-13-16(22)19-14(20-21(13)15)12-8-17-7-10(12)2/h9-12,17H,4-8H2,1-3H3,(H,19,20,22). The van der Waals surface area contributed by atoms with Crippen molar-refractivity contribution in [3.05, 3.63) is 28.2 Å². The summed E-state index contributed by atoms with van der Waals surface area (Å²) < 4.78 is 6.93. The van der Waals surface area contributed by atoms with Crippen LogP contribution in [0.3, 0.4) is 0 Å². The highest BCUT2D eigenvalue weighted by atomic mass is 16.5. The first-order valence-corrected chi connectivity index (χ1v) is 8.33. The third kappa shape index (κ3) is 3.03. The molecule has 0 amide bonds. The molecule has 7 nitrogen and oxygen atoms in total. The third-order valence-electron chi connectivity index (χ3n) is 4.84. The summed E-state index contributed by atoms with van der Waals surface area (Å²) in [6, 6.07) is 0. The topological polar surface area (TPSA) is 84.3 Å². The fraction of sp³-hybridized carbons (Fsp3) is 0.688. The lowest BCUT2D eigenvalue weighted by atomic mass is 9.97. The second kappa shape index (κ2) is 6.80. The molecule has 0 radical (unpaired) electrons. The van der Waals surface area contributed by atoms with Crippen LogP contribution in [0, 0.1) is 5.92 Å². The maximum Gasteiger partial charge on any atom is 0.276 e. The quantitative estimate of drug-likeness (QED) is 0.837. The van der Waals surface area contributed by atoms with Crippen molar-refractivity contribution in [3.63, 3.8) is 0 Å². The van der Waals surface area contributed by atoms with Crippen LogP contribution in [-0.4, -0.2) is 46.4 Å². The molecular weight excluding hydrogens is 294 g/mol. The Morgan fingerprint density at radius 3 is 2.96 bits per heavy atom. The average molecular weight is 319 g/mol. The molecule has 2 aromatic rings. The van der Waals surface area contributed by atoms with Gasteiger partial charge in [0.05, 0.1) is 6.20 Å². The van der Waals surface area contributed by atoms with E-state index in [0.29, 0.717) is 18.0 Å². The molecule has 3 atom stereocenters. The number of aromatic amines is 1. The van der Waals surface area contributed by atoms with Gasteiger partial charge in [-0.3, -0.25) is 4.79 Å². The summed E-state index contributed by atoms with van der Waals surface area (Å²) in [7, 11) is 1.70. The number of nitrogens with zero attached hydrogens (tertiary/aromatic N) is 3. The van der Waals surface area contributed by atoms with Gasteiger partial charge in [0.2, 0.25) is 0 Å². The van der Waals surface area contributed by atoms with Crippen LogP contribution in [0.15, 0.2) is 11.0 Å². The Morgan fingerprint density at radius 2 is 2.30 bits per heavy atom. The first kappa shape index (κ1) is 16.1. The number of rotatable bonds is 6. The van der Waals surface area contributed by atoms with Crippen molar-refractivity contribution < 1.29 is 4.74 Å². The van der Waals surface area contributed by atoms with Crippen molar-refractivity contribution in [2.45, 2.75) is 38.5 Å². The molecule has 3 heterocycles. The summed E-state index contributed by atoms with van der Waals surface area (Å²) in [6.07, 6.45) is 3.43. The van der Waals surface area contributed by atoms with Gasteiger partial charge in [0.1, 0.15) is 11.6 Å². The van der Waals surface area contributed by atoms with Gasteiger partial charge >= 0.3 is 0 Å². The average Bonchev–Trinajstić information content (AvgIpc) is 3.15. The van der Waals surface area contributed by atoms with Gasteiger partial charge in [-0.2, -0.15) is 5.10 Å². The molecule has 2 aromatic heterocycles. The zero-order chi connectivity index (χ0) is 16.4. The molecule has 0 bridgehead atoms. The van der Waals surface area contributed by atoms with Crippen LogP contribution in [0.4, 0.5) is 0 Å². The first-order chi connectivity index (χ1) is 11.2. The molecule has 1 saturated heterocycles. The predicted molar refractivity (Wildman–Crippen MR) is 87.9 cm³/mol. The Labute approximate surface area is 135 Å². The Kier molecular flexibility index (Phi) is 4.77. The molecule has 2 N–H and O–H groups in total. The van der Waals surface area contributed by atoms with Crippen LogP contribution in [-0.2, 0) is 4.74 Å². The van der Waals surface area contributed by atoms with E-state index < -0.39 is 0 Å². The fourth-order valence-electron chi connectivity index (χ4n) is 3.33. The smallest absolute Gasteiger partial charge is 0.276 e.